The van der Waals surface area contributed by atoms with Crippen molar-refractivity contribution in [1.82, 2.24) is 0 Å². The first kappa shape index (κ1) is 61.2. The lowest BCUT2D eigenvalue weighted by Crippen LogP contribution is -2.45. The highest BCUT2D eigenvalue weighted by molar-refractivity contribution is 6.74. The molecule has 0 rings (SSSR count). The van der Waals surface area contributed by atoms with Crippen molar-refractivity contribution in [3.8, 4) is 0 Å². The van der Waals surface area contributed by atoms with Crippen LogP contribution in [-0.4, -0.2) is 60.3 Å². The van der Waals surface area contributed by atoms with Crippen molar-refractivity contribution in [2.75, 3.05) is 13.2 Å². The van der Waals surface area contributed by atoms with Gasteiger partial charge in [0, 0.05) is 17.6 Å². The zero-order chi connectivity index (χ0) is 41.7. The van der Waals surface area contributed by atoms with Gasteiger partial charge in [0.25, 0.3) is 0 Å². The fourth-order valence-electron chi connectivity index (χ4n) is 4.41. The van der Waals surface area contributed by atoms with Crippen LogP contribution in [-0.2, 0) is 32.7 Å². The maximum absolute atomic E-state index is 11.7. The van der Waals surface area contributed by atoms with Crippen molar-refractivity contribution < 1.29 is 32.7 Å². The van der Waals surface area contributed by atoms with Crippen molar-refractivity contribution in [2.45, 2.75) is 200 Å². The molecule has 7 nitrogen and oxygen atoms in total. The molecule has 0 fully saturated rings. The van der Waals surface area contributed by atoms with Crippen molar-refractivity contribution in [1.29, 1.82) is 0 Å². The molecule has 0 heterocycles. The minimum Gasteiger partial charge on any atom is -0.463 e. The maximum Gasteiger partial charge on any atom is 0.333 e. The Bertz CT molecular complexity index is 1170. The Morgan fingerprint density at radius 3 is 1.26 bits per heavy atom. The van der Waals surface area contributed by atoms with Gasteiger partial charge in [0.1, 0.15) is 6.29 Å². The molecule has 0 radical (unpaired) electrons. The van der Waals surface area contributed by atoms with E-state index in [9.17, 15) is 14.4 Å². The SMILES string of the molecule is C.C.C/C=C(\C)[C@@H](O[Si](C)(C)C(C)(C)C)[C@@H](C)CC/C=C(\C)C(=O)OCC.C/C=C(\C)[C@@H](O[Si](C)(C)C(C)(C)C)[C@@H](C)CCC=O.C=C(C)C(=O)OCC. The van der Waals surface area contributed by atoms with Crippen LogP contribution in [0.2, 0.25) is 36.3 Å². The Labute approximate surface area is 338 Å². The molecule has 4 atom stereocenters. The van der Waals surface area contributed by atoms with Gasteiger partial charge in [0.2, 0.25) is 0 Å². The fraction of sp³-hybridized carbons (Fsp3) is 0.756. The zero-order valence-corrected chi connectivity index (χ0v) is 39.4. The highest BCUT2D eigenvalue weighted by atomic mass is 28.4. The van der Waals surface area contributed by atoms with Crippen molar-refractivity contribution in [3.63, 3.8) is 0 Å². The second-order valence-corrected chi connectivity index (χ2v) is 26.6. The zero-order valence-electron chi connectivity index (χ0n) is 37.4. The number of rotatable bonds is 18. The average Bonchev–Trinajstić information content (AvgIpc) is 3.03. The van der Waals surface area contributed by atoms with Crippen LogP contribution in [0.5, 0.6) is 0 Å². The van der Waals surface area contributed by atoms with Gasteiger partial charge in [-0.1, -0.05) is 95.1 Å². The normalized spacial score (nSPS) is 14.9. The molecule has 0 unspecified atom stereocenters. The van der Waals surface area contributed by atoms with Gasteiger partial charge in [-0.05, 0) is 134 Å². The highest BCUT2D eigenvalue weighted by Crippen LogP contribution is 2.40. The highest BCUT2D eigenvalue weighted by Gasteiger charge is 2.41. The van der Waals surface area contributed by atoms with E-state index in [0.717, 1.165) is 25.5 Å². The third-order valence-corrected chi connectivity index (χ3v) is 19.2. The second kappa shape index (κ2) is 29.2. The lowest BCUT2D eigenvalue weighted by atomic mass is 9.93. The minimum absolute atomic E-state index is 0. The first-order valence-corrected chi connectivity index (χ1v) is 25.1. The molecule has 0 aliphatic carbocycles. The largest absolute Gasteiger partial charge is 0.463 e. The van der Waals surface area contributed by atoms with Crippen molar-refractivity contribution in [3.05, 3.63) is 47.1 Å². The quantitative estimate of drug-likeness (QED) is 0.0448. The number of carbonyl (C=O) groups is 3. The van der Waals surface area contributed by atoms with Crippen LogP contribution >= 0.6 is 0 Å². The van der Waals surface area contributed by atoms with E-state index in [2.05, 4.69) is 133 Å². The summed E-state index contributed by atoms with van der Waals surface area (Å²) >= 11 is 0. The molecule has 0 saturated carbocycles. The minimum atomic E-state index is -1.83. The monoisotopic (exact) mass is 799 g/mol. The predicted molar refractivity (Wildman–Crippen MR) is 241 cm³/mol. The Kier molecular flexibility index (Phi) is 33.1. The molecule has 0 saturated heterocycles. The van der Waals surface area contributed by atoms with Crippen LogP contribution in [0.1, 0.15) is 151 Å². The van der Waals surface area contributed by atoms with Gasteiger partial charge in [-0.25, -0.2) is 9.59 Å². The van der Waals surface area contributed by atoms with E-state index in [1.54, 1.807) is 13.8 Å². The Balaban J connectivity index is -0.000000244. The maximum atomic E-state index is 11.7. The summed E-state index contributed by atoms with van der Waals surface area (Å²) in [6.07, 6.45) is 10.9. The predicted octanol–water partition coefficient (Wildman–Crippen LogP) is 13.6. The van der Waals surface area contributed by atoms with Crippen LogP contribution in [0, 0.1) is 11.8 Å². The van der Waals surface area contributed by atoms with E-state index in [0.29, 0.717) is 42.6 Å². The molecule has 0 amide bonds. The lowest BCUT2D eigenvalue weighted by Gasteiger charge is -2.41. The van der Waals surface area contributed by atoms with Crippen LogP contribution in [0.4, 0.5) is 0 Å². The summed E-state index contributed by atoms with van der Waals surface area (Å²) in [5.74, 6) is 0.258. The van der Waals surface area contributed by atoms with E-state index >= 15 is 0 Å². The van der Waals surface area contributed by atoms with Crippen LogP contribution in [0.3, 0.4) is 0 Å². The molecule has 0 aromatic rings. The van der Waals surface area contributed by atoms with Crippen LogP contribution in [0.15, 0.2) is 47.1 Å². The van der Waals surface area contributed by atoms with E-state index in [1.807, 2.05) is 19.9 Å². The third kappa shape index (κ3) is 24.4. The van der Waals surface area contributed by atoms with Gasteiger partial charge in [-0.2, -0.15) is 0 Å². The summed E-state index contributed by atoms with van der Waals surface area (Å²) < 4.78 is 22.9. The molecule has 0 bridgehead atoms. The molecule has 0 spiro atoms. The lowest BCUT2D eigenvalue weighted by molar-refractivity contribution is -0.139. The molecule has 0 aromatic heterocycles. The fourth-order valence-corrected chi connectivity index (χ4v) is 7.22. The van der Waals surface area contributed by atoms with Crippen LogP contribution in [0.25, 0.3) is 0 Å². The van der Waals surface area contributed by atoms with Gasteiger partial charge in [0.05, 0.1) is 25.4 Å². The first-order chi connectivity index (χ1) is 23.6. The molecule has 9 heteroatoms. The standard InChI is InChI=1S/C21H40O3Si.C16H32O2Si.C6H10O2.2CH4/c1-11-16(3)19(24-25(9,10)21(6,7)8)17(4)14-13-15-18(5)20(22)23-12-2;1-9-13(2)15(14(3)11-10-12-17)18-19(7,8)16(4,5)6;1-4-8-6(7)5(2)3;;/h11,15,17,19H,12-14H2,1-10H3;9,12,14-15H,10-11H2,1-8H3;2,4H2,1,3H3;2*1H4/b16-11+,18-15+;13-9+;;;/t17-,19+;14-,15+;;;/m00.../s1. The van der Waals surface area contributed by atoms with Gasteiger partial charge < -0.3 is 23.1 Å². The number of aldehydes is 1. The molecule has 320 valence electrons. The summed E-state index contributed by atoms with van der Waals surface area (Å²) in [4.78, 5) is 32.7. The van der Waals surface area contributed by atoms with E-state index in [-0.39, 0.29) is 49.1 Å². The Morgan fingerprint density at radius 1 is 0.667 bits per heavy atom. The smallest absolute Gasteiger partial charge is 0.333 e. The third-order valence-electron chi connectivity index (χ3n) is 10.3. The molecule has 0 aliphatic rings. The summed E-state index contributed by atoms with van der Waals surface area (Å²) in [6.45, 7) is 46.9. The summed E-state index contributed by atoms with van der Waals surface area (Å²) in [5, 5.41) is 0.406. The summed E-state index contributed by atoms with van der Waals surface area (Å²) in [6, 6.07) is 0. The van der Waals surface area contributed by atoms with E-state index in [4.69, 9.17) is 13.6 Å². The molecule has 0 aromatic carbocycles. The topological polar surface area (TPSA) is 88.1 Å². The van der Waals surface area contributed by atoms with Crippen molar-refractivity contribution in [2.24, 2.45) is 11.8 Å². The molecule has 0 aliphatic heterocycles. The van der Waals surface area contributed by atoms with Crippen molar-refractivity contribution >= 4 is 34.9 Å². The average molecular weight is 799 g/mol. The number of allylic oxidation sites excluding steroid dienone is 3. The van der Waals surface area contributed by atoms with Gasteiger partial charge >= 0.3 is 11.9 Å². The summed E-state index contributed by atoms with van der Waals surface area (Å²) in [7, 11) is -3.61. The number of hydrogen-bond donors (Lipinski definition) is 0. The van der Waals surface area contributed by atoms with Gasteiger partial charge in [-0.3, -0.25) is 0 Å². The van der Waals surface area contributed by atoms with Gasteiger partial charge in [-0.15, -0.1) is 0 Å². The Hall–Kier alpha value is -2.08. The van der Waals surface area contributed by atoms with E-state index < -0.39 is 16.6 Å². The van der Waals surface area contributed by atoms with Crippen LogP contribution < -0.4 is 0 Å². The Morgan fingerprint density at radius 2 is 1.00 bits per heavy atom. The first-order valence-electron chi connectivity index (χ1n) is 19.3. The number of carbonyl (C=O) groups excluding carboxylic acids is 3. The molecular formula is C45H90O7Si2. The number of hydrogen-bond acceptors (Lipinski definition) is 7. The molecule has 0 N–H and O–H groups in total. The second-order valence-electron chi connectivity index (χ2n) is 17.0. The number of esters is 2. The summed E-state index contributed by atoms with van der Waals surface area (Å²) in [5.41, 5.74) is 3.72. The number of ether oxygens (including phenoxy) is 2. The molecular weight excluding hydrogens is 709 g/mol. The molecule has 54 heavy (non-hydrogen) atoms. The van der Waals surface area contributed by atoms with E-state index in [1.165, 1.54) is 11.1 Å². The van der Waals surface area contributed by atoms with Gasteiger partial charge in [0.15, 0.2) is 16.6 Å².